The molecular weight excluding hydrogens is 384 g/mol. The smallest absolute Gasteiger partial charge is 0.323 e. The Morgan fingerprint density at radius 3 is 2.80 bits per heavy atom. The SMILES string of the molecule is CN=Cc1nc(OC(C)C[C@]2(C)C(=O)N(CC(=O)O)c3cccc(C)c32)ccc1N. The number of nitrogens with two attached hydrogens (primary N) is 1. The number of hydrogen-bond acceptors (Lipinski definition) is 6. The number of carboxylic acid groups (broad SMARTS) is 1. The van der Waals surface area contributed by atoms with Crippen molar-refractivity contribution >= 4 is 29.5 Å². The number of benzene rings is 1. The van der Waals surface area contributed by atoms with E-state index in [4.69, 9.17) is 10.5 Å². The standard InChI is InChI=1S/C22H26N4O4/c1-13-6-5-7-17-20(13)22(3,21(29)26(17)12-19(27)28)10-14(2)30-18-9-8-15(23)16(25-18)11-24-4/h5-9,11,14H,10,12,23H2,1-4H3,(H,27,28)/t14?,22-/m0/s1. The third-order valence-corrected chi connectivity index (χ3v) is 5.30. The van der Waals surface area contributed by atoms with E-state index in [9.17, 15) is 14.7 Å². The summed E-state index contributed by atoms with van der Waals surface area (Å²) in [6.45, 7) is 5.26. The van der Waals surface area contributed by atoms with Gasteiger partial charge in [-0.05, 0) is 44.0 Å². The first-order chi connectivity index (χ1) is 14.2. The van der Waals surface area contributed by atoms with Crippen molar-refractivity contribution < 1.29 is 19.4 Å². The monoisotopic (exact) mass is 410 g/mol. The van der Waals surface area contributed by atoms with Crippen LogP contribution in [0.3, 0.4) is 0 Å². The van der Waals surface area contributed by atoms with Gasteiger partial charge in [-0.1, -0.05) is 12.1 Å². The van der Waals surface area contributed by atoms with E-state index in [1.54, 1.807) is 31.5 Å². The number of amides is 1. The van der Waals surface area contributed by atoms with Crippen LogP contribution in [0.5, 0.6) is 5.88 Å². The Morgan fingerprint density at radius 2 is 2.13 bits per heavy atom. The van der Waals surface area contributed by atoms with E-state index in [-0.39, 0.29) is 18.6 Å². The lowest BCUT2D eigenvalue weighted by Crippen LogP contribution is -2.43. The van der Waals surface area contributed by atoms with E-state index in [0.29, 0.717) is 29.4 Å². The highest BCUT2D eigenvalue weighted by Crippen LogP contribution is 2.46. The molecule has 1 unspecified atom stereocenters. The molecule has 0 radical (unpaired) electrons. The molecule has 2 aromatic rings. The van der Waals surface area contributed by atoms with Crippen molar-refractivity contribution in [1.29, 1.82) is 0 Å². The number of carbonyl (C=O) groups is 2. The molecule has 3 N–H and O–H groups in total. The van der Waals surface area contributed by atoms with Gasteiger partial charge >= 0.3 is 5.97 Å². The quantitative estimate of drug-likeness (QED) is 0.677. The lowest BCUT2D eigenvalue weighted by atomic mass is 9.77. The van der Waals surface area contributed by atoms with Gasteiger partial charge in [-0.3, -0.25) is 14.6 Å². The molecule has 0 bridgehead atoms. The molecule has 3 rings (SSSR count). The van der Waals surface area contributed by atoms with Gasteiger partial charge in [-0.2, -0.15) is 0 Å². The molecule has 2 heterocycles. The van der Waals surface area contributed by atoms with Crippen molar-refractivity contribution in [2.45, 2.75) is 38.7 Å². The molecule has 0 fully saturated rings. The van der Waals surface area contributed by atoms with Gasteiger partial charge in [0.2, 0.25) is 11.8 Å². The van der Waals surface area contributed by atoms with Crippen LogP contribution in [0.2, 0.25) is 0 Å². The van der Waals surface area contributed by atoms with Crippen LogP contribution in [-0.4, -0.2) is 47.9 Å². The molecule has 0 aliphatic carbocycles. The lowest BCUT2D eigenvalue weighted by molar-refractivity contribution is -0.137. The summed E-state index contributed by atoms with van der Waals surface area (Å²) in [7, 11) is 1.63. The van der Waals surface area contributed by atoms with E-state index >= 15 is 0 Å². The van der Waals surface area contributed by atoms with Crippen molar-refractivity contribution in [3.05, 3.63) is 47.2 Å². The zero-order valence-corrected chi connectivity index (χ0v) is 17.5. The highest BCUT2D eigenvalue weighted by atomic mass is 16.5. The fourth-order valence-corrected chi connectivity index (χ4v) is 4.17. The summed E-state index contributed by atoms with van der Waals surface area (Å²) >= 11 is 0. The maximum Gasteiger partial charge on any atom is 0.323 e. The van der Waals surface area contributed by atoms with Crippen LogP contribution in [-0.2, 0) is 15.0 Å². The maximum absolute atomic E-state index is 13.3. The molecule has 1 aliphatic heterocycles. The van der Waals surface area contributed by atoms with Crippen molar-refractivity contribution in [3.8, 4) is 5.88 Å². The highest BCUT2D eigenvalue weighted by Gasteiger charge is 2.49. The van der Waals surface area contributed by atoms with Gasteiger partial charge in [0, 0.05) is 31.4 Å². The zero-order chi connectivity index (χ0) is 22.1. The van der Waals surface area contributed by atoms with Gasteiger partial charge in [0.05, 0.1) is 17.2 Å². The fraction of sp³-hybridized carbons (Fsp3) is 0.364. The number of anilines is 2. The predicted octanol–water partition coefficient (Wildman–Crippen LogP) is 2.57. The van der Waals surface area contributed by atoms with Crippen LogP contribution in [0.4, 0.5) is 11.4 Å². The molecule has 158 valence electrons. The maximum atomic E-state index is 13.3. The van der Waals surface area contributed by atoms with E-state index in [1.165, 1.54) is 4.90 Å². The first-order valence-corrected chi connectivity index (χ1v) is 9.66. The first-order valence-electron chi connectivity index (χ1n) is 9.66. The molecule has 0 spiro atoms. The van der Waals surface area contributed by atoms with Gasteiger partial charge in [-0.25, -0.2) is 4.98 Å². The Labute approximate surface area is 175 Å². The number of carboxylic acids is 1. The van der Waals surface area contributed by atoms with Crippen LogP contribution >= 0.6 is 0 Å². The molecule has 0 saturated heterocycles. The number of pyridine rings is 1. The molecule has 1 aromatic heterocycles. The average Bonchev–Trinajstić information content (AvgIpc) is 2.87. The van der Waals surface area contributed by atoms with E-state index in [2.05, 4.69) is 9.98 Å². The Hall–Kier alpha value is -3.42. The molecule has 30 heavy (non-hydrogen) atoms. The summed E-state index contributed by atoms with van der Waals surface area (Å²) in [5.41, 5.74) is 8.42. The molecule has 1 amide bonds. The lowest BCUT2D eigenvalue weighted by Gasteiger charge is -2.28. The Morgan fingerprint density at radius 1 is 1.40 bits per heavy atom. The molecule has 1 aliphatic rings. The second-order valence-corrected chi connectivity index (χ2v) is 7.73. The Bertz CT molecular complexity index is 1020. The summed E-state index contributed by atoms with van der Waals surface area (Å²) in [5.74, 6) is -0.915. The number of ether oxygens (including phenoxy) is 1. The van der Waals surface area contributed by atoms with E-state index in [0.717, 1.165) is 11.1 Å². The number of hydrogen-bond donors (Lipinski definition) is 2. The predicted molar refractivity (Wildman–Crippen MR) is 115 cm³/mol. The van der Waals surface area contributed by atoms with Gasteiger partial charge in [-0.15, -0.1) is 0 Å². The van der Waals surface area contributed by atoms with Gasteiger partial charge in [0.15, 0.2) is 0 Å². The van der Waals surface area contributed by atoms with Gasteiger partial charge < -0.3 is 20.5 Å². The normalized spacial score (nSPS) is 19.2. The first kappa shape index (κ1) is 21.3. The van der Waals surface area contributed by atoms with E-state index < -0.39 is 11.4 Å². The minimum atomic E-state index is -1.06. The third-order valence-electron chi connectivity index (χ3n) is 5.30. The van der Waals surface area contributed by atoms with Gasteiger partial charge in [0.1, 0.15) is 12.2 Å². The Balaban J connectivity index is 1.89. The highest BCUT2D eigenvalue weighted by molar-refractivity contribution is 6.10. The minimum Gasteiger partial charge on any atom is -0.480 e. The largest absolute Gasteiger partial charge is 0.480 e. The third kappa shape index (κ3) is 3.85. The number of fused-ring (bicyclic) bond motifs is 1. The molecule has 0 saturated carbocycles. The van der Waals surface area contributed by atoms with Crippen molar-refractivity contribution in [2.75, 3.05) is 24.2 Å². The molecule has 8 nitrogen and oxygen atoms in total. The summed E-state index contributed by atoms with van der Waals surface area (Å²) in [6.07, 6.45) is 1.56. The van der Waals surface area contributed by atoms with Gasteiger partial charge in [0.25, 0.3) is 0 Å². The average molecular weight is 410 g/mol. The summed E-state index contributed by atoms with van der Waals surface area (Å²) in [4.78, 5) is 34.3. The number of nitrogens with zero attached hydrogens (tertiary/aromatic N) is 3. The fourth-order valence-electron chi connectivity index (χ4n) is 4.17. The number of aromatic nitrogens is 1. The van der Waals surface area contributed by atoms with Crippen molar-refractivity contribution in [1.82, 2.24) is 4.98 Å². The van der Waals surface area contributed by atoms with Crippen molar-refractivity contribution in [3.63, 3.8) is 0 Å². The molecule has 8 heteroatoms. The van der Waals surface area contributed by atoms with Crippen LogP contribution in [0.15, 0.2) is 35.3 Å². The minimum absolute atomic E-state index is 0.242. The summed E-state index contributed by atoms with van der Waals surface area (Å²) < 4.78 is 5.99. The number of aryl methyl sites for hydroxylation is 1. The second kappa shape index (κ2) is 8.14. The molecule has 2 atom stereocenters. The number of nitrogen functional groups attached to an aromatic ring is 1. The van der Waals surface area contributed by atoms with Crippen LogP contribution in [0.25, 0.3) is 0 Å². The topological polar surface area (TPSA) is 118 Å². The molecular formula is C22H26N4O4. The van der Waals surface area contributed by atoms with Crippen LogP contribution in [0.1, 0.15) is 37.1 Å². The zero-order valence-electron chi connectivity index (χ0n) is 17.5. The number of aliphatic carboxylic acids is 1. The van der Waals surface area contributed by atoms with Crippen molar-refractivity contribution in [2.24, 2.45) is 4.99 Å². The van der Waals surface area contributed by atoms with Crippen LogP contribution < -0.4 is 15.4 Å². The second-order valence-electron chi connectivity index (χ2n) is 7.73. The van der Waals surface area contributed by atoms with Crippen LogP contribution in [0, 0.1) is 6.92 Å². The summed E-state index contributed by atoms with van der Waals surface area (Å²) in [5, 5.41) is 9.28. The molecule has 1 aromatic carbocycles. The summed E-state index contributed by atoms with van der Waals surface area (Å²) in [6, 6.07) is 8.92. The number of aliphatic imine (C=N–C) groups is 1. The Kier molecular flexibility index (Phi) is 5.78. The number of carbonyl (C=O) groups excluding carboxylic acids is 1. The number of rotatable bonds is 7. The van der Waals surface area contributed by atoms with E-state index in [1.807, 2.05) is 32.9 Å².